The van der Waals surface area contributed by atoms with Gasteiger partial charge in [0.2, 0.25) is 0 Å². The lowest BCUT2D eigenvalue weighted by Crippen LogP contribution is -2.15. The van der Waals surface area contributed by atoms with Gasteiger partial charge in [-0.05, 0) is 23.5 Å². The molecule has 1 aromatic heterocycles. The summed E-state index contributed by atoms with van der Waals surface area (Å²) in [4.78, 5) is 15.2. The lowest BCUT2D eigenvalue weighted by Gasteiger charge is -2.18. The van der Waals surface area contributed by atoms with E-state index >= 15 is 0 Å². The summed E-state index contributed by atoms with van der Waals surface area (Å²) >= 11 is 1.31. The molecule has 1 aromatic rings. The average molecular weight is 253 g/mol. The molecule has 0 saturated carbocycles. The van der Waals surface area contributed by atoms with Crippen molar-refractivity contribution in [2.45, 2.75) is 49.8 Å². The van der Waals surface area contributed by atoms with E-state index < -0.39 is 11.2 Å². The van der Waals surface area contributed by atoms with E-state index in [2.05, 4.69) is 25.8 Å². The maximum absolute atomic E-state index is 10.9. The summed E-state index contributed by atoms with van der Waals surface area (Å²) in [5.41, 5.74) is 1.23. The highest BCUT2D eigenvalue weighted by Gasteiger charge is 2.18. The quantitative estimate of drug-likeness (QED) is 0.836. The third kappa shape index (κ3) is 4.04. The zero-order valence-electron chi connectivity index (χ0n) is 10.7. The maximum Gasteiger partial charge on any atom is 0.317 e. The van der Waals surface area contributed by atoms with E-state index in [-0.39, 0.29) is 5.41 Å². The fraction of sp³-hybridized carbons (Fsp3) is 0.538. The molecule has 0 bridgehead atoms. The molecule has 1 rings (SSSR count). The van der Waals surface area contributed by atoms with E-state index in [4.69, 9.17) is 5.11 Å². The third-order valence-corrected chi connectivity index (χ3v) is 3.81. The van der Waals surface area contributed by atoms with Crippen LogP contribution in [0.5, 0.6) is 0 Å². The van der Waals surface area contributed by atoms with Gasteiger partial charge in [-0.2, -0.15) is 0 Å². The number of hydrogen-bond acceptors (Lipinski definition) is 3. The van der Waals surface area contributed by atoms with Crippen LogP contribution in [-0.4, -0.2) is 21.3 Å². The first-order chi connectivity index (χ1) is 7.84. The lowest BCUT2D eigenvalue weighted by atomic mass is 9.88. The fourth-order valence-corrected chi connectivity index (χ4v) is 2.17. The van der Waals surface area contributed by atoms with Gasteiger partial charge in [0.25, 0.3) is 0 Å². The molecule has 0 radical (unpaired) electrons. The average Bonchev–Trinajstić information content (AvgIpc) is 2.25. The van der Waals surface area contributed by atoms with Crippen LogP contribution in [0.1, 0.15) is 39.7 Å². The molecule has 17 heavy (non-hydrogen) atoms. The number of carbonyl (C=O) groups is 1. The number of carboxylic acid groups (broad SMARTS) is 1. The molecule has 0 amide bonds. The van der Waals surface area contributed by atoms with Gasteiger partial charge < -0.3 is 5.11 Å². The summed E-state index contributed by atoms with van der Waals surface area (Å²) in [6, 6.07) is 3.92. The molecule has 1 heterocycles. The second kappa shape index (κ2) is 5.54. The number of aromatic nitrogens is 1. The van der Waals surface area contributed by atoms with Gasteiger partial charge in [-0.1, -0.05) is 45.5 Å². The Morgan fingerprint density at radius 1 is 1.47 bits per heavy atom. The van der Waals surface area contributed by atoms with Crippen LogP contribution >= 0.6 is 11.8 Å². The minimum atomic E-state index is -0.779. The van der Waals surface area contributed by atoms with Crippen molar-refractivity contribution in [2.75, 3.05) is 0 Å². The smallest absolute Gasteiger partial charge is 0.317 e. The van der Waals surface area contributed by atoms with E-state index in [0.717, 1.165) is 10.6 Å². The summed E-state index contributed by atoms with van der Waals surface area (Å²) in [7, 11) is 0. The molecule has 94 valence electrons. The molecule has 0 aliphatic rings. The Kier molecular flexibility index (Phi) is 4.57. The Balaban J connectivity index is 2.78. The number of thioether (sulfide) groups is 1. The standard InChI is InChI=1S/C13H19NO2S/c1-5-10(12(15)16)17-11-7-6-9(8-14-11)13(2,3)4/h6-8,10H,5H2,1-4H3,(H,15,16). The normalized spacial score (nSPS) is 13.4. The van der Waals surface area contributed by atoms with Crippen LogP contribution in [0.15, 0.2) is 23.4 Å². The maximum atomic E-state index is 10.9. The van der Waals surface area contributed by atoms with Crippen LogP contribution in [0.4, 0.5) is 0 Å². The number of carboxylic acids is 1. The van der Waals surface area contributed by atoms with Crippen molar-refractivity contribution in [3.63, 3.8) is 0 Å². The first-order valence-electron chi connectivity index (χ1n) is 5.70. The summed E-state index contributed by atoms with van der Waals surface area (Å²) in [5.74, 6) is -0.779. The zero-order valence-corrected chi connectivity index (χ0v) is 11.5. The predicted molar refractivity (Wildman–Crippen MR) is 70.5 cm³/mol. The van der Waals surface area contributed by atoms with Gasteiger partial charge in [0, 0.05) is 6.20 Å². The Labute approximate surface area is 107 Å². The summed E-state index contributed by atoms with van der Waals surface area (Å²) < 4.78 is 0. The van der Waals surface area contributed by atoms with Crippen LogP contribution < -0.4 is 0 Å². The van der Waals surface area contributed by atoms with Gasteiger partial charge in [-0.3, -0.25) is 4.79 Å². The van der Waals surface area contributed by atoms with E-state index in [0.29, 0.717) is 6.42 Å². The highest BCUT2D eigenvalue weighted by molar-refractivity contribution is 8.00. The van der Waals surface area contributed by atoms with Crippen molar-refractivity contribution >= 4 is 17.7 Å². The molecule has 0 fully saturated rings. The predicted octanol–water partition coefficient (Wildman–Crippen LogP) is 3.33. The Bertz CT molecular complexity index is 381. The first kappa shape index (κ1) is 14.0. The van der Waals surface area contributed by atoms with Crippen LogP contribution in [-0.2, 0) is 10.2 Å². The molecule has 0 aromatic carbocycles. The molecule has 0 aliphatic carbocycles. The topological polar surface area (TPSA) is 50.2 Å². The van der Waals surface area contributed by atoms with Crippen molar-refractivity contribution < 1.29 is 9.90 Å². The lowest BCUT2D eigenvalue weighted by molar-refractivity contribution is -0.136. The van der Waals surface area contributed by atoms with Crippen molar-refractivity contribution in [3.05, 3.63) is 23.9 Å². The molecule has 4 heteroatoms. The van der Waals surface area contributed by atoms with Crippen LogP contribution in [0.2, 0.25) is 0 Å². The van der Waals surface area contributed by atoms with Crippen molar-refractivity contribution in [2.24, 2.45) is 0 Å². The first-order valence-corrected chi connectivity index (χ1v) is 6.58. The third-order valence-electron chi connectivity index (χ3n) is 2.51. The SMILES string of the molecule is CCC(Sc1ccc(C(C)(C)C)cn1)C(=O)O. The summed E-state index contributed by atoms with van der Waals surface area (Å²) in [5, 5.41) is 9.33. The van der Waals surface area contributed by atoms with Gasteiger partial charge in [-0.25, -0.2) is 4.98 Å². The molecule has 3 nitrogen and oxygen atoms in total. The number of aliphatic carboxylic acids is 1. The molecule has 1 atom stereocenters. The monoisotopic (exact) mass is 253 g/mol. The Morgan fingerprint density at radius 3 is 2.47 bits per heavy atom. The molecule has 1 N–H and O–H groups in total. The molecule has 0 spiro atoms. The zero-order chi connectivity index (χ0) is 13.1. The second-order valence-electron chi connectivity index (χ2n) is 4.99. The highest BCUT2D eigenvalue weighted by atomic mass is 32.2. The molecule has 0 saturated heterocycles. The van der Waals surface area contributed by atoms with Crippen LogP contribution in [0.3, 0.4) is 0 Å². The summed E-state index contributed by atoms with van der Waals surface area (Å²) in [6.45, 7) is 8.25. The van der Waals surface area contributed by atoms with E-state index in [1.165, 1.54) is 11.8 Å². The van der Waals surface area contributed by atoms with Gasteiger partial charge in [-0.15, -0.1) is 0 Å². The molecular formula is C13H19NO2S. The number of nitrogens with zero attached hydrogens (tertiary/aromatic N) is 1. The van der Waals surface area contributed by atoms with Gasteiger partial charge in [0.05, 0.1) is 5.03 Å². The van der Waals surface area contributed by atoms with Crippen molar-refractivity contribution in [1.29, 1.82) is 0 Å². The minimum absolute atomic E-state index is 0.0765. The van der Waals surface area contributed by atoms with Gasteiger partial charge in [0.1, 0.15) is 5.25 Å². The Morgan fingerprint density at radius 2 is 2.12 bits per heavy atom. The van der Waals surface area contributed by atoms with Crippen molar-refractivity contribution in [1.82, 2.24) is 4.98 Å². The van der Waals surface area contributed by atoms with E-state index in [1.54, 1.807) is 0 Å². The van der Waals surface area contributed by atoms with E-state index in [9.17, 15) is 4.79 Å². The van der Waals surface area contributed by atoms with Crippen molar-refractivity contribution in [3.8, 4) is 0 Å². The van der Waals surface area contributed by atoms with Gasteiger partial charge in [0.15, 0.2) is 0 Å². The molecular weight excluding hydrogens is 234 g/mol. The number of pyridine rings is 1. The summed E-state index contributed by atoms with van der Waals surface area (Å²) in [6.07, 6.45) is 2.43. The fourth-order valence-electron chi connectivity index (χ4n) is 1.35. The number of hydrogen-bond donors (Lipinski definition) is 1. The Hall–Kier alpha value is -1.03. The van der Waals surface area contributed by atoms with Gasteiger partial charge >= 0.3 is 5.97 Å². The van der Waals surface area contributed by atoms with Crippen LogP contribution in [0.25, 0.3) is 0 Å². The molecule has 0 aliphatic heterocycles. The number of rotatable bonds is 4. The minimum Gasteiger partial charge on any atom is -0.480 e. The second-order valence-corrected chi connectivity index (χ2v) is 6.21. The molecule has 1 unspecified atom stereocenters. The largest absolute Gasteiger partial charge is 0.480 e. The van der Waals surface area contributed by atoms with E-state index in [1.807, 2.05) is 25.3 Å². The highest BCUT2D eigenvalue weighted by Crippen LogP contribution is 2.26. The van der Waals surface area contributed by atoms with Crippen LogP contribution in [0, 0.1) is 0 Å².